The third-order valence-corrected chi connectivity index (χ3v) is 9.23. The summed E-state index contributed by atoms with van der Waals surface area (Å²) in [6, 6.07) is 36.7. The van der Waals surface area contributed by atoms with Gasteiger partial charge in [0.1, 0.15) is 22.4 Å². The molecule has 3 amide bonds. The van der Waals surface area contributed by atoms with Crippen LogP contribution in [0.1, 0.15) is 44.8 Å². The summed E-state index contributed by atoms with van der Waals surface area (Å²) in [6.07, 6.45) is 2.34. The van der Waals surface area contributed by atoms with Crippen molar-refractivity contribution in [3.63, 3.8) is 0 Å². The number of hydrogen-bond acceptors (Lipinski definition) is 6. The Hall–Kier alpha value is -5.80. The second-order valence-electron chi connectivity index (χ2n) is 11.3. The van der Waals surface area contributed by atoms with Crippen LogP contribution in [-0.4, -0.2) is 31.9 Å². The Bertz CT molecular complexity index is 1980. The van der Waals surface area contributed by atoms with Crippen LogP contribution in [0.15, 0.2) is 132 Å². The standard InChI is InChI=1S/C41H39N3O5S/c1-5-28-18-12-13-27(2)37(28)44-41(47)38(29-14-8-6-9-15-29)50-34-22-19-32(20-23-34)42-40(46)35(43-39(45)30-16-10-7-11-17-30)26-31-25-33(48-3)21-24-36(31)49-4/h6-26,38H,5H2,1-4H3,(H,42,46)(H,43,45)(H,44,47)/b35-26-. The number of thioether (sulfide) groups is 1. The predicted octanol–water partition coefficient (Wildman–Crippen LogP) is 8.46. The number of aryl methyl sites for hydroxylation is 2. The minimum atomic E-state index is -0.536. The number of nitrogens with one attached hydrogen (secondary N) is 3. The molecule has 8 nitrogen and oxygen atoms in total. The lowest BCUT2D eigenvalue weighted by Gasteiger charge is -2.20. The lowest BCUT2D eigenvalue weighted by Crippen LogP contribution is -2.30. The van der Waals surface area contributed by atoms with Gasteiger partial charge in [0.15, 0.2) is 0 Å². The van der Waals surface area contributed by atoms with Gasteiger partial charge in [0, 0.05) is 27.4 Å². The summed E-state index contributed by atoms with van der Waals surface area (Å²) < 4.78 is 10.9. The molecule has 0 radical (unpaired) electrons. The summed E-state index contributed by atoms with van der Waals surface area (Å²) in [5.41, 5.74) is 5.25. The molecule has 0 fully saturated rings. The number of anilines is 2. The highest BCUT2D eigenvalue weighted by Crippen LogP contribution is 2.37. The Morgan fingerprint density at radius 3 is 2.14 bits per heavy atom. The van der Waals surface area contributed by atoms with E-state index in [1.807, 2.05) is 73.7 Å². The zero-order valence-corrected chi connectivity index (χ0v) is 29.2. The smallest absolute Gasteiger partial charge is 0.272 e. The highest BCUT2D eigenvalue weighted by molar-refractivity contribution is 8.00. The van der Waals surface area contributed by atoms with E-state index in [0.29, 0.717) is 28.3 Å². The molecule has 0 aliphatic rings. The number of amides is 3. The largest absolute Gasteiger partial charge is 0.497 e. The average molecular weight is 686 g/mol. The summed E-state index contributed by atoms with van der Waals surface area (Å²) in [4.78, 5) is 41.5. The van der Waals surface area contributed by atoms with Gasteiger partial charge in [-0.25, -0.2) is 0 Å². The van der Waals surface area contributed by atoms with E-state index in [1.54, 1.807) is 67.8 Å². The number of benzene rings is 5. The molecule has 5 aromatic rings. The third kappa shape index (κ3) is 9.00. The van der Waals surface area contributed by atoms with E-state index in [-0.39, 0.29) is 11.6 Å². The molecular weight excluding hydrogens is 647 g/mol. The van der Waals surface area contributed by atoms with Gasteiger partial charge in [0.25, 0.3) is 11.8 Å². The van der Waals surface area contributed by atoms with E-state index in [9.17, 15) is 14.4 Å². The fourth-order valence-electron chi connectivity index (χ4n) is 5.29. The van der Waals surface area contributed by atoms with Gasteiger partial charge in [-0.15, -0.1) is 11.8 Å². The number of methoxy groups -OCH3 is 2. The van der Waals surface area contributed by atoms with Gasteiger partial charge in [-0.2, -0.15) is 0 Å². The van der Waals surface area contributed by atoms with Crippen molar-refractivity contribution in [2.24, 2.45) is 0 Å². The molecule has 0 heterocycles. The molecular formula is C41H39N3O5S. The zero-order chi connectivity index (χ0) is 35.5. The highest BCUT2D eigenvalue weighted by Gasteiger charge is 2.24. The maximum atomic E-state index is 13.8. The molecule has 0 aliphatic heterocycles. The van der Waals surface area contributed by atoms with Crippen LogP contribution in [-0.2, 0) is 16.0 Å². The van der Waals surface area contributed by atoms with Crippen LogP contribution in [0.4, 0.5) is 11.4 Å². The Kier molecular flexibility index (Phi) is 12.1. The lowest BCUT2D eigenvalue weighted by atomic mass is 10.1. The molecule has 254 valence electrons. The molecule has 0 saturated carbocycles. The highest BCUT2D eigenvalue weighted by atomic mass is 32.2. The number of para-hydroxylation sites is 1. The summed E-state index contributed by atoms with van der Waals surface area (Å²) in [5, 5.41) is 8.31. The Balaban J connectivity index is 1.38. The minimum absolute atomic E-state index is 0.00678. The van der Waals surface area contributed by atoms with Crippen molar-refractivity contribution >= 4 is 46.9 Å². The molecule has 50 heavy (non-hydrogen) atoms. The van der Waals surface area contributed by atoms with Crippen molar-refractivity contribution in [3.8, 4) is 11.5 Å². The zero-order valence-electron chi connectivity index (χ0n) is 28.4. The topological polar surface area (TPSA) is 106 Å². The van der Waals surface area contributed by atoms with E-state index in [1.165, 1.54) is 18.9 Å². The molecule has 5 aromatic carbocycles. The number of rotatable bonds is 13. The fraction of sp³-hybridized carbons (Fsp3) is 0.146. The number of ether oxygens (including phenoxy) is 2. The molecule has 3 N–H and O–H groups in total. The number of carbonyl (C=O) groups excluding carboxylic acids is 3. The second kappa shape index (κ2) is 17.0. The molecule has 0 saturated heterocycles. The molecule has 5 rings (SSSR count). The maximum Gasteiger partial charge on any atom is 0.272 e. The average Bonchev–Trinajstić information content (AvgIpc) is 3.15. The van der Waals surface area contributed by atoms with Gasteiger partial charge in [0.2, 0.25) is 5.91 Å². The van der Waals surface area contributed by atoms with Crippen molar-refractivity contribution in [3.05, 3.63) is 155 Å². The molecule has 0 aliphatic carbocycles. The van der Waals surface area contributed by atoms with Gasteiger partial charge in [0.05, 0.1) is 14.2 Å². The van der Waals surface area contributed by atoms with Crippen LogP contribution in [0, 0.1) is 6.92 Å². The van der Waals surface area contributed by atoms with Crippen molar-refractivity contribution in [2.75, 3.05) is 24.9 Å². The van der Waals surface area contributed by atoms with E-state index in [0.717, 1.165) is 33.7 Å². The van der Waals surface area contributed by atoms with Gasteiger partial charge in [-0.3, -0.25) is 14.4 Å². The second-order valence-corrected chi connectivity index (χ2v) is 12.5. The van der Waals surface area contributed by atoms with Crippen molar-refractivity contribution in [2.45, 2.75) is 30.4 Å². The molecule has 0 aromatic heterocycles. The van der Waals surface area contributed by atoms with Gasteiger partial charge < -0.3 is 25.4 Å². The first-order chi connectivity index (χ1) is 24.3. The monoisotopic (exact) mass is 685 g/mol. The predicted molar refractivity (Wildman–Crippen MR) is 201 cm³/mol. The first kappa shape index (κ1) is 35.5. The summed E-state index contributed by atoms with van der Waals surface area (Å²) in [5.74, 6) is -0.0450. The van der Waals surface area contributed by atoms with E-state index < -0.39 is 17.1 Å². The number of carbonyl (C=O) groups is 3. The number of hydrogen-bond donors (Lipinski definition) is 3. The van der Waals surface area contributed by atoms with E-state index in [4.69, 9.17) is 9.47 Å². The Labute approximate surface area is 296 Å². The van der Waals surface area contributed by atoms with Gasteiger partial charge >= 0.3 is 0 Å². The maximum absolute atomic E-state index is 13.8. The van der Waals surface area contributed by atoms with Gasteiger partial charge in [-0.1, -0.05) is 73.7 Å². The van der Waals surface area contributed by atoms with E-state index >= 15 is 0 Å². The summed E-state index contributed by atoms with van der Waals surface area (Å²) >= 11 is 1.42. The van der Waals surface area contributed by atoms with Crippen LogP contribution in [0.5, 0.6) is 11.5 Å². The fourth-order valence-corrected chi connectivity index (χ4v) is 6.32. The Morgan fingerprint density at radius 1 is 0.780 bits per heavy atom. The normalized spacial score (nSPS) is 11.6. The molecule has 1 unspecified atom stereocenters. The SMILES string of the molecule is CCc1cccc(C)c1NC(=O)C(Sc1ccc(NC(=O)/C(=C/c2cc(OC)ccc2OC)NC(=O)c2ccccc2)cc1)c1ccccc1. The first-order valence-electron chi connectivity index (χ1n) is 16.1. The Morgan fingerprint density at radius 2 is 1.48 bits per heavy atom. The molecule has 9 heteroatoms. The van der Waals surface area contributed by atoms with Gasteiger partial charge in [-0.05, 0) is 90.7 Å². The minimum Gasteiger partial charge on any atom is -0.497 e. The molecule has 0 spiro atoms. The van der Waals surface area contributed by atoms with E-state index in [2.05, 4.69) is 22.9 Å². The van der Waals surface area contributed by atoms with Crippen LogP contribution in [0.2, 0.25) is 0 Å². The summed E-state index contributed by atoms with van der Waals surface area (Å²) in [6.45, 7) is 4.06. The molecule has 0 bridgehead atoms. The quantitative estimate of drug-likeness (QED) is 0.0849. The molecule has 1 atom stereocenters. The van der Waals surface area contributed by atoms with Crippen molar-refractivity contribution in [1.29, 1.82) is 0 Å². The first-order valence-corrected chi connectivity index (χ1v) is 17.0. The summed E-state index contributed by atoms with van der Waals surface area (Å²) in [7, 11) is 3.07. The van der Waals surface area contributed by atoms with Crippen molar-refractivity contribution < 1.29 is 23.9 Å². The lowest BCUT2D eigenvalue weighted by molar-refractivity contribution is -0.116. The van der Waals surface area contributed by atoms with Crippen LogP contribution in [0.3, 0.4) is 0 Å². The van der Waals surface area contributed by atoms with Crippen LogP contribution in [0.25, 0.3) is 6.08 Å². The van der Waals surface area contributed by atoms with Crippen LogP contribution < -0.4 is 25.4 Å². The third-order valence-electron chi connectivity index (χ3n) is 7.96. The van der Waals surface area contributed by atoms with Crippen molar-refractivity contribution in [1.82, 2.24) is 5.32 Å². The van der Waals surface area contributed by atoms with Crippen LogP contribution >= 0.6 is 11.8 Å².